The molecule has 1 fully saturated rings. The van der Waals surface area contributed by atoms with Crippen molar-refractivity contribution in [1.82, 2.24) is 10.6 Å². The molecule has 1 aliphatic rings. The Morgan fingerprint density at radius 3 is 3.13 bits per heavy atom. The number of carbonyl (C=O) groups is 1. The summed E-state index contributed by atoms with van der Waals surface area (Å²) in [7, 11) is 0. The lowest BCUT2D eigenvalue weighted by Gasteiger charge is -2.09. The van der Waals surface area contributed by atoms with Crippen molar-refractivity contribution in [2.24, 2.45) is 0 Å². The van der Waals surface area contributed by atoms with Crippen LogP contribution in [0.15, 0.2) is 0 Å². The Balaban J connectivity index is 1.94. The number of carbonyl (C=O) groups excluding carboxylic acids is 1. The van der Waals surface area contributed by atoms with Crippen molar-refractivity contribution in [3.63, 3.8) is 0 Å². The van der Waals surface area contributed by atoms with E-state index in [0.717, 1.165) is 6.54 Å². The maximum atomic E-state index is 11.2. The number of hydrogen-bond donors (Lipinski definition) is 2. The van der Waals surface area contributed by atoms with Crippen LogP contribution >= 0.6 is 11.8 Å². The molecule has 1 amide bonds. The molecular weight excluding hydrogens is 210 g/mol. The zero-order valence-corrected chi connectivity index (χ0v) is 9.61. The van der Waals surface area contributed by atoms with Gasteiger partial charge in [0.2, 0.25) is 5.91 Å². The number of thioether (sulfide) groups is 1. The summed E-state index contributed by atoms with van der Waals surface area (Å²) in [6.07, 6.45) is 2.93. The Bertz CT molecular complexity index is 233. The van der Waals surface area contributed by atoms with Gasteiger partial charge in [-0.25, -0.2) is 0 Å². The third kappa shape index (κ3) is 5.65. The maximum Gasteiger partial charge on any atom is 0.233 e. The molecule has 1 heterocycles. The summed E-state index contributed by atoms with van der Waals surface area (Å²) in [4.78, 5) is 11.2. The van der Waals surface area contributed by atoms with Crippen molar-refractivity contribution in [3.05, 3.63) is 0 Å². The molecule has 5 heteroatoms. The molecule has 2 N–H and O–H groups in total. The normalized spacial score (nSPS) is 19.8. The molecular formula is C10H17N3OS. The second-order valence-electron chi connectivity index (χ2n) is 3.52. The van der Waals surface area contributed by atoms with Crippen molar-refractivity contribution in [2.75, 3.05) is 25.4 Å². The molecule has 1 atom stereocenters. The highest BCUT2D eigenvalue weighted by atomic mass is 32.2. The van der Waals surface area contributed by atoms with Crippen molar-refractivity contribution in [1.29, 1.82) is 5.26 Å². The fourth-order valence-electron chi connectivity index (χ4n) is 1.47. The molecule has 1 rings (SSSR count). The molecule has 0 bridgehead atoms. The minimum Gasteiger partial charge on any atom is -0.354 e. The van der Waals surface area contributed by atoms with Crippen molar-refractivity contribution in [2.45, 2.75) is 24.5 Å². The van der Waals surface area contributed by atoms with Crippen LogP contribution < -0.4 is 10.6 Å². The van der Waals surface area contributed by atoms with Gasteiger partial charge in [-0.15, -0.1) is 0 Å². The van der Waals surface area contributed by atoms with Gasteiger partial charge in [-0.05, 0) is 18.6 Å². The summed E-state index contributed by atoms with van der Waals surface area (Å²) in [5.74, 6) is 1.23. The van der Waals surface area contributed by atoms with Crippen LogP contribution in [0.2, 0.25) is 0 Å². The second kappa shape index (κ2) is 7.55. The van der Waals surface area contributed by atoms with Gasteiger partial charge >= 0.3 is 0 Å². The van der Waals surface area contributed by atoms with Crippen molar-refractivity contribution < 1.29 is 4.79 Å². The smallest absolute Gasteiger partial charge is 0.233 e. The van der Waals surface area contributed by atoms with Gasteiger partial charge in [0.1, 0.15) is 0 Å². The van der Waals surface area contributed by atoms with E-state index in [2.05, 4.69) is 10.6 Å². The summed E-state index contributed by atoms with van der Waals surface area (Å²) in [5.41, 5.74) is 0. The molecule has 0 saturated carbocycles. The van der Waals surface area contributed by atoms with Gasteiger partial charge in [0.25, 0.3) is 0 Å². The zero-order chi connectivity index (χ0) is 10.9. The minimum atomic E-state index is -0.0201. The van der Waals surface area contributed by atoms with Crippen LogP contribution in [0.3, 0.4) is 0 Å². The van der Waals surface area contributed by atoms with E-state index in [1.54, 1.807) is 0 Å². The topological polar surface area (TPSA) is 64.9 Å². The quantitative estimate of drug-likeness (QED) is 0.649. The third-order valence-electron chi connectivity index (χ3n) is 2.24. The van der Waals surface area contributed by atoms with Gasteiger partial charge < -0.3 is 10.6 Å². The maximum absolute atomic E-state index is 11.2. The van der Waals surface area contributed by atoms with Crippen molar-refractivity contribution in [3.8, 4) is 6.07 Å². The highest BCUT2D eigenvalue weighted by molar-refractivity contribution is 8.00. The first kappa shape index (κ1) is 12.3. The first-order chi connectivity index (χ1) is 7.33. The Hall–Kier alpha value is -0.730. The fourth-order valence-corrected chi connectivity index (χ4v) is 2.71. The van der Waals surface area contributed by atoms with Gasteiger partial charge in [-0.2, -0.15) is 17.0 Å². The number of nitriles is 1. The minimum absolute atomic E-state index is 0.0201. The standard InChI is InChI=1S/C10H17N3OS/c11-4-2-5-13-10(14)8-12-7-9-3-1-6-15-9/h9,12H,1-3,5-8H2,(H,13,14). The Morgan fingerprint density at radius 2 is 2.47 bits per heavy atom. The van der Waals surface area contributed by atoms with Crippen LogP contribution in [0.5, 0.6) is 0 Å². The molecule has 4 nitrogen and oxygen atoms in total. The molecule has 1 unspecified atom stereocenters. The lowest BCUT2D eigenvalue weighted by Crippen LogP contribution is -2.36. The monoisotopic (exact) mass is 227 g/mol. The van der Waals surface area contributed by atoms with E-state index in [0.29, 0.717) is 24.8 Å². The van der Waals surface area contributed by atoms with E-state index in [1.165, 1.54) is 18.6 Å². The molecule has 1 saturated heterocycles. The van der Waals surface area contributed by atoms with Gasteiger partial charge in [0.15, 0.2) is 0 Å². The van der Waals surface area contributed by atoms with Gasteiger partial charge in [-0.1, -0.05) is 0 Å². The first-order valence-corrected chi connectivity index (χ1v) is 6.34. The highest BCUT2D eigenvalue weighted by Gasteiger charge is 2.14. The fraction of sp³-hybridized carbons (Fsp3) is 0.800. The lowest BCUT2D eigenvalue weighted by atomic mass is 10.2. The molecule has 15 heavy (non-hydrogen) atoms. The van der Waals surface area contributed by atoms with E-state index >= 15 is 0 Å². The number of nitrogens with one attached hydrogen (secondary N) is 2. The highest BCUT2D eigenvalue weighted by Crippen LogP contribution is 2.24. The first-order valence-electron chi connectivity index (χ1n) is 5.29. The van der Waals surface area contributed by atoms with E-state index in [9.17, 15) is 4.79 Å². The van der Waals surface area contributed by atoms with Crippen LogP contribution in [0.4, 0.5) is 0 Å². The van der Waals surface area contributed by atoms with E-state index in [1.807, 2.05) is 17.8 Å². The third-order valence-corrected chi connectivity index (χ3v) is 3.64. The molecule has 84 valence electrons. The van der Waals surface area contributed by atoms with E-state index in [4.69, 9.17) is 5.26 Å². The Morgan fingerprint density at radius 1 is 1.60 bits per heavy atom. The second-order valence-corrected chi connectivity index (χ2v) is 4.93. The van der Waals surface area contributed by atoms with Gasteiger partial charge in [-0.3, -0.25) is 4.79 Å². The molecule has 0 radical (unpaired) electrons. The van der Waals surface area contributed by atoms with Crippen LogP contribution in [0.25, 0.3) is 0 Å². The summed E-state index contributed by atoms with van der Waals surface area (Å²) < 4.78 is 0. The summed E-state index contributed by atoms with van der Waals surface area (Å²) in [6, 6.07) is 1.99. The predicted molar refractivity (Wildman–Crippen MR) is 61.6 cm³/mol. The van der Waals surface area contributed by atoms with Gasteiger partial charge in [0, 0.05) is 18.3 Å². The summed E-state index contributed by atoms with van der Waals surface area (Å²) >= 11 is 1.98. The molecule has 1 aliphatic heterocycles. The number of rotatable bonds is 6. The molecule has 0 spiro atoms. The predicted octanol–water partition coefficient (Wildman–Crippen LogP) is 0.501. The number of nitrogens with zero attached hydrogens (tertiary/aromatic N) is 1. The number of amides is 1. The van der Waals surface area contributed by atoms with Crippen LogP contribution in [-0.4, -0.2) is 36.5 Å². The van der Waals surface area contributed by atoms with E-state index < -0.39 is 0 Å². The Kier molecular flexibility index (Phi) is 6.21. The molecule has 0 aliphatic carbocycles. The van der Waals surface area contributed by atoms with E-state index in [-0.39, 0.29) is 5.91 Å². The van der Waals surface area contributed by atoms with Gasteiger partial charge in [0.05, 0.1) is 19.0 Å². The summed E-state index contributed by atoms with van der Waals surface area (Å²) in [5, 5.41) is 14.8. The Labute approximate surface area is 94.8 Å². The molecule has 0 aromatic carbocycles. The molecule has 0 aromatic heterocycles. The zero-order valence-electron chi connectivity index (χ0n) is 8.79. The largest absolute Gasteiger partial charge is 0.354 e. The molecule has 0 aromatic rings. The average molecular weight is 227 g/mol. The van der Waals surface area contributed by atoms with Crippen molar-refractivity contribution >= 4 is 17.7 Å². The van der Waals surface area contributed by atoms with Crippen LogP contribution in [0.1, 0.15) is 19.3 Å². The van der Waals surface area contributed by atoms with Crippen LogP contribution in [-0.2, 0) is 4.79 Å². The average Bonchev–Trinajstić information content (AvgIpc) is 2.71. The van der Waals surface area contributed by atoms with Crippen LogP contribution in [0, 0.1) is 11.3 Å². The SMILES string of the molecule is N#CCCNC(=O)CNCC1CCCS1. The lowest BCUT2D eigenvalue weighted by molar-refractivity contribution is -0.120. The number of hydrogen-bond acceptors (Lipinski definition) is 4. The summed E-state index contributed by atoms with van der Waals surface area (Å²) in [6.45, 7) is 1.73.